The number of halogens is 3. The third-order valence-corrected chi connectivity index (χ3v) is 2.91. The molecule has 1 rings (SSSR count). The van der Waals surface area contributed by atoms with Crippen molar-refractivity contribution in [1.82, 2.24) is 4.90 Å². The first-order chi connectivity index (χ1) is 5.06. The van der Waals surface area contributed by atoms with Crippen LogP contribution in [0, 0.1) is 5.92 Å². The largest absolute Gasteiger partial charge is 0.306 e. The Labute approximate surface area is 73.9 Å². The van der Waals surface area contributed by atoms with Gasteiger partial charge in [-0.1, -0.05) is 15.9 Å². The number of likely N-dealkylation sites (tertiary alicyclic amines) is 1. The van der Waals surface area contributed by atoms with Gasteiger partial charge >= 0.3 is 0 Å². The van der Waals surface area contributed by atoms with E-state index in [0.29, 0.717) is 13.0 Å². The Morgan fingerprint density at radius 2 is 2.27 bits per heavy atom. The molecule has 1 saturated heterocycles. The summed E-state index contributed by atoms with van der Waals surface area (Å²) in [6.45, 7) is 1.33. The maximum absolute atomic E-state index is 13.0. The van der Waals surface area contributed by atoms with Crippen LogP contribution >= 0.6 is 15.9 Å². The van der Waals surface area contributed by atoms with E-state index in [1.807, 2.05) is 11.9 Å². The Morgan fingerprint density at radius 3 is 2.64 bits per heavy atom. The molecule has 0 amide bonds. The molecule has 66 valence electrons. The van der Waals surface area contributed by atoms with Gasteiger partial charge in [-0.05, 0) is 20.0 Å². The number of rotatable bonds is 2. The summed E-state index contributed by atoms with van der Waals surface area (Å²) < 4.78 is 25.9. The van der Waals surface area contributed by atoms with Crippen molar-refractivity contribution in [2.45, 2.75) is 12.3 Å². The molecule has 1 unspecified atom stereocenters. The summed E-state index contributed by atoms with van der Waals surface area (Å²) in [5.74, 6) is -2.98. The van der Waals surface area contributed by atoms with Crippen LogP contribution < -0.4 is 0 Å². The van der Waals surface area contributed by atoms with E-state index in [2.05, 4.69) is 15.9 Å². The van der Waals surface area contributed by atoms with Gasteiger partial charge in [0.05, 0.1) is 5.33 Å². The average molecular weight is 228 g/mol. The van der Waals surface area contributed by atoms with E-state index in [1.165, 1.54) is 0 Å². The Morgan fingerprint density at radius 1 is 1.64 bits per heavy atom. The van der Waals surface area contributed by atoms with Crippen molar-refractivity contribution < 1.29 is 8.78 Å². The normalized spacial score (nSPS) is 27.8. The van der Waals surface area contributed by atoms with Crippen LogP contribution in [0.15, 0.2) is 0 Å². The zero-order chi connectivity index (χ0) is 8.48. The van der Waals surface area contributed by atoms with Gasteiger partial charge in [0.15, 0.2) is 0 Å². The second-order valence-corrected chi connectivity index (χ2v) is 3.70. The second kappa shape index (κ2) is 3.35. The molecule has 0 radical (unpaired) electrons. The molecule has 0 saturated carbocycles. The standard InChI is InChI=1S/C7H12BrF2N/c1-11-3-2-6(4-11)7(9,10)5-8/h6H,2-5H2,1H3. The monoisotopic (exact) mass is 227 g/mol. The van der Waals surface area contributed by atoms with Crippen molar-refractivity contribution in [1.29, 1.82) is 0 Å². The van der Waals surface area contributed by atoms with Crippen LogP contribution in [0.2, 0.25) is 0 Å². The highest BCUT2D eigenvalue weighted by Crippen LogP contribution is 2.32. The molecule has 1 heterocycles. The molecule has 1 aliphatic rings. The van der Waals surface area contributed by atoms with Gasteiger partial charge in [0.2, 0.25) is 0 Å². The van der Waals surface area contributed by atoms with E-state index in [4.69, 9.17) is 0 Å². The quantitative estimate of drug-likeness (QED) is 0.653. The minimum absolute atomic E-state index is 0.210. The third-order valence-electron chi connectivity index (χ3n) is 2.17. The Balaban J connectivity index is 2.48. The Bertz CT molecular complexity index is 140. The molecule has 0 aromatic heterocycles. The zero-order valence-electron chi connectivity index (χ0n) is 6.49. The minimum atomic E-state index is -2.52. The SMILES string of the molecule is CN1CCC(C(F)(F)CBr)C1. The van der Waals surface area contributed by atoms with Crippen molar-refractivity contribution in [3.63, 3.8) is 0 Å². The second-order valence-electron chi connectivity index (χ2n) is 3.14. The van der Waals surface area contributed by atoms with Crippen LogP contribution in [-0.2, 0) is 0 Å². The lowest BCUT2D eigenvalue weighted by molar-refractivity contribution is -0.0282. The summed E-state index contributed by atoms with van der Waals surface area (Å²) in [6, 6.07) is 0. The number of alkyl halides is 3. The van der Waals surface area contributed by atoms with Crippen molar-refractivity contribution in [2.24, 2.45) is 5.92 Å². The smallest absolute Gasteiger partial charge is 0.261 e. The van der Waals surface area contributed by atoms with E-state index < -0.39 is 11.8 Å². The first kappa shape index (κ1) is 9.39. The van der Waals surface area contributed by atoms with Crippen molar-refractivity contribution in [3.05, 3.63) is 0 Å². The van der Waals surface area contributed by atoms with Crippen LogP contribution in [0.5, 0.6) is 0 Å². The van der Waals surface area contributed by atoms with E-state index in [-0.39, 0.29) is 5.33 Å². The van der Waals surface area contributed by atoms with Gasteiger partial charge in [-0.15, -0.1) is 0 Å². The maximum atomic E-state index is 13.0. The minimum Gasteiger partial charge on any atom is -0.306 e. The van der Waals surface area contributed by atoms with Crippen LogP contribution in [0.4, 0.5) is 8.78 Å². The average Bonchev–Trinajstić information content (AvgIpc) is 2.36. The van der Waals surface area contributed by atoms with E-state index in [1.54, 1.807) is 0 Å². The van der Waals surface area contributed by atoms with E-state index >= 15 is 0 Å². The lowest BCUT2D eigenvalue weighted by atomic mass is 10.0. The molecular weight excluding hydrogens is 216 g/mol. The van der Waals surface area contributed by atoms with Crippen LogP contribution in [0.3, 0.4) is 0 Å². The van der Waals surface area contributed by atoms with E-state index in [0.717, 1.165) is 6.54 Å². The number of nitrogens with zero attached hydrogens (tertiary/aromatic N) is 1. The highest BCUT2D eigenvalue weighted by molar-refractivity contribution is 9.09. The van der Waals surface area contributed by atoms with Gasteiger partial charge in [0, 0.05) is 12.5 Å². The molecule has 11 heavy (non-hydrogen) atoms. The molecule has 1 aliphatic heterocycles. The molecule has 1 nitrogen and oxygen atoms in total. The van der Waals surface area contributed by atoms with Crippen molar-refractivity contribution in [2.75, 3.05) is 25.5 Å². The summed E-state index contributed by atoms with van der Waals surface area (Å²) in [7, 11) is 1.88. The Hall–Kier alpha value is 0.300. The molecular formula is C7H12BrF2N. The third kappa shape index (κ3) is 2.12. The molecule has 0 bridgehead atoms. The zero-order valence-corrected chi connectivity index (χ0v) is 8.07. The number of hydrogen-bond acceptors (Lipinski definition) is 1. The maximum Gasteiger partial charge on any atom is 0.261 e. The van der Waals surface area contributed by atoms with Gasteiger partial charge in [-0.3, -0.25) is 0 Å². The molecule has 0 aliphatic carbocycles. The lowest BCUT2D eigenvalue weighted by Crippen LogP contribution is -2.31. The van der Waals surface area contributed by atoms with Gasteiger partial charge in [0.1, 0.15) is 0 Å². The molecule has 0 spiro atoms. The van der Waals surface area contributed by atoms with Crippen molar-refractivity contribution >= 4 is 15.9 Å². The molecule has 4 heteroatoms. The molecule has 0 N–H and O–H groups in total. The van der Waals surface area contributed by atoms with Crippen LogP contribution in [0.1, 0.15) is 6.42 Å². The summed E-state index contributed by atoms with van der Waals surface area (Å²) in [5.41, 5.74) is 0. The lowest BCUT2D eigenvalue weighted by Gasteiger charge is -2.20. The van der Waals surface area contributed by atoms with Gasteiger partial charge < -0.3 is 4.90 Å². The fraction of sp³-hybridized carbons (Fsp3) is 1.00. The molecule has 0 aromatic carbocycles. The first-order valence-electron chi connectivity index (χ1n) is 3.68. The van der Waals surface area contributed by atoms with Gasteiger partial charge in [-0.25, -0.2) is 8.78 Å². The highest BCUT2D eigenvalue weighted by atomic mass is 79.9. The van der Waals surface area contributed by atoms with Gasteiger partial charge in [-0.2, -0.15) is 0 Å². The molecule has 0 aromatic rings. The number of hydrogen-bond donors (Lipinski definition) is 0. The summed E-state index contributed by atoms with van der Waals surface area (Å²) >= 11 is 2.83. The predicted octanol–water partition coefficient (Wildman–Crippen LogP) is 1.97. The van der Waals surface area contributed by atoms with E-state index in [9.17, 15) is 8.78 Å². The summed E-state index contributed by atoms with van der Waals surface area (Å²) in [5, 5.41) is -0.210. The highest BCUT2D eigenvalue weighted by Gasteiger charge is 2.41. The predicted molar refractivity (Wildman–Crippen MR) is 44.3 cm³/mol. The summed E-state index contributed by atoms with van der Waals surface area (Å²) in [6.07, 6.45) is 0.620. The van der Waals surface area contributed by atoms with Crippen LogP contribution in [0.25, 0.3) is 0 Å². The topological polar surface area (TPSA) is 3.24 Å². The first-order valence-corrected chi connectivity index (χ1v) is 4.81. The fourth-order valence-electron chi connectivity index (χ4n) is 1.39. The van der Waals surface area contributed by atoms with Gasteiger partial charge in [0.25, 0.3) is 5.92 Å². The van der Waals surface area contributed by atoms with Crippen molar-refractivity contribution in [3.8, 4) is 0 Å². The Kier molecular flexibility index (Phi) is 2.86. The fourth-order valence-corrected chi connectivity index (χ4v) is 1.85. The molecule has 1 atom stereocenters. The van der Waals surface area contributed by atoms with Crippen LogP contribution in [-0.4, -0.2) is 36.3 Å². The summed E-state index contributed by atoms with van der Waals surface area (Å²) in [4.78, 5) is 1.95. The molecule has 1 fully saturated rings.